The molecule has 0 spiro atoms. The summed E-state index contributed by atoms with van der Waals surface area (Å²) in [7, 11) is 5.82. The number of anilines is 2. The molecule has 2 heterocycles. The summed E-state index contributed by atoms with van der Waals surface area (Å²) in [4.78, 5) is 27.2. The molecule has 0 aliphatic heterocycles. The lowest BCUT2D eigenvalue weighted by atomic mass is 10.2. The van der Waals surface area contributed by atoms with Crippen molar-refractivity contribution < 1.29 is 9.90 Å². The molecule has 0 bridgehead atoms. The maximum Gasteiger partial charge on any atom is 0.328 e. The van der Waals surface area contributed by atoms with Crippen LogP contribution in [-0.4, -0.2) is 50.7 Å². The molecule has 0 aliphatic rings. The van der Waals surface area contributed by atoms with Gasteiger partial charge in [0.1, 0.15) is 16.8 Å². The van der Waals surface area contributed by atoms with Crippen LogP contribution in [0.4, 0.5) is 11.4 Å². The Bertz CT molecular complexity index is 1160. The van der Waals surface area contributed by atoms with Crippen LogP contribution >= 0.6 is 11.6 Å². The van der Waals surface area contributed by atoms with Crippen molar-refractivity contribution in [2.75, 3.05) is 19.4 Å². The van der Waals surface area contributed by atoms with Gasteiger partial charge in [-0.2, -0.15) is 5.26 Å². The number of nitrogens with one attached hydrogen (secondary N) is 1. The number of carbonyl (C=O) groups is 1. The van der Waals surface area contributed by atoms with Gasteiger partial charge in [-0.05, 0) is 44.8 Å². The van der Waals surface area contributed by atoms with Crippen molar-refractivity contribution in [3.05, 3.63) is 51.7 Å². The Morgan fingerprint density at radius 2 is 2.03 bits per heavy atom. The van der Waals surface area contributed by atoms with Gasteiger partial charge in [-0.1, -0.05) is 18.5 Å². The number of halogens is 1. The minimum Gasteiger partial charge on any atom is -0.483 e. The number of likely N-dealkylation sites (N-methyl/N-ethyl adjacent to an activating group) is 1. The second-order valence-corrected chi connectivity index (χ2v) is 7.41. The molecule has 0 aliphatic carbocycles. The molecular weight excluding hydrogens is 420 g/mol. The number of aromatic nitrogens is 3. The van der Waals surface area contributed by atoms with E-state index in [1.165, 1.54) is 0 Å². The molecule has 3 rings (SSSR count). The fraction of sp³-hybridized carbons (Fsp3) is 0.333. The molecule has 0 saturated heterocycles. The molecule has 0 radical (unpaired) electrons. The molecule has 164 valence electrons. The maximum atomic E-state index is 12.8. The Balaban J connectivity index is 0.00000107. The van der Waals surface area contributed by atoms with Gasteiger partial charge in [0.25, 0.3) is 6.47 Å². The number of fused-ring (bicyclic) bond motifs is 1. The van der Waals surface area contributed by atoms with Crippen LogP contribution < -0.4 is 11.0 Å². The zero-order valence-electron chi connectivity index (χ0n) is 17.8. The first-order valence-corrected chi connectivity index (χ1v) is 9.91. The minimum absolute atomic E-state index is 0.0443. The van der Waals surface area contributed by atoms with Gasteiger partial charge < -0.3 is 15.3 Å². The van der Waals surface area contributed by atoms with Gasteiger partial charge in [-0.15, -0.1) is 0 Å². The van der Waals surface area contributed by atoms with Gasteiger partial charge in [0.2, 0.25) is 0 Å². The summed E-state index contributed by atoms with van der Waals surface area (Å²) in [6.07, 6.45) is 2.49. The Labute approximate surface area is 185 Å². The zero-order chi connectivity index (χ0) is 23.1. The summed E-state index contributed by atoms with van der Waals surface area (Å²) in [5.74, 6) is 0. The molecule has 10 heteroatoms. The molecule has 2 aromatic heterocycles. The number of aryl methyl sites for hydroxylation is 1. The first kappa shape index (κ1) is 23.9. The van der Waals surface area contributed by atoms with E-state index < -0.39 is 0 Å². The SMILES string of the molecule is CCC(Cn1c(=O)n(C)c2ccc(Nc3ccnc(Cl)c3C#N)cc21)N(C)C.O=CO. The number of hydrogen-bond acceptors (Lipinski definition) is 6. The average molecular weight is 445 g/mol. The highest BCUT2D eigenvalue weighted by atomic mass is 35.5. The Kier molecular flexibility index (Phi) is 8.19. The van der Waals surface area contributed by atoms with Crippen LogP contribution in [0.15, 0.2) is 35.3 Å². The Hall–Kier alpha value is -3.35. The summed E-state index contributed by atoms with van der Waals surface area (Å²) < 4.78 is 3.46. The van der Waals surface area contributed by atoms with Crippen molar-refractivity contribution >= 4 is 40.5 Å². The summed E-state index contributed by atoms with van der Waals surface area (Å²) in [6, 6.07) is 9.73. The molecule has 0 amide bonds. The first-order chi connectivity index (χ1) is 14.8. The van der Waals surface area contributed by atoms with Crippen LogP contribution in [0.3, 0.4) is 0 Å². The van der Waals surface area contributed by atoms with Crippen molar-refractivity contribution in [3.63, 3.8) is 0 Å². The third-order valence-corrected chi connectivity index (χ3v) is 5.32. The summed E-state index contributed by atoms with van der Waals surface area (Å²) in [6.45, 7) is 2.47. The summed E-state index contributed by atoms with van der Waals surface area (Å²) >= 11 is 6.02. The van der Waals surface area contributed by atoms with E-state index in [1.807, 2.05) is 32.3 Å². The molecule has 31 heavy (non-hydrogen) atoms. The van der Waals surface area contributed by atoms with Crippen LogP contribution in [0.25, 0.3) is 11.0 Å². The number of carboxylic acid groups (broad SMARTS) is 1. The minimum atomic E-state index is -0.250. The fourth-order valence-corrected chi connectivity index (χ4v) is 3.54. The van der Waals surface area contributed by atoms with Crippen LogP contribution in [0, 0.1) is 11.3 Å². The lowest BCUT2D eigenvalue weighted by Crippen LogP contribution is -2.35. The van der Waals surface area contributed by atoms with Gasteiger partial charge in [-0.3, -0.25) is 13.9 Å². The first-order valence-electron chi connectivity index (χ1n) is 9.54. The molecule has 1 aromatic carbocycles. The van der Waals surface area contributed by atoms with E-state index in [9.17, 15) is 10.1 Å². The number of hydrogen-bond donors (Lipinski definition) is 2. The topological polar surface area (TPSA) is 116 Å². The molecule has 9 nitrogen and oxygen atoms in total. The van der Waals surface area contributed by atoms with E-state index in [-0.39, 0.29) is 28.9 Å². The van der Waals surface area contributed by atoms with Crippen LogP contribution in [0.5, 0.6) is 0 Å². The summed E-state index contributed by atoms with van der Waals surface area (Å²) in [5, 5.41) is 19.6. The van der Waals surface area contributed by atoms with Gasteiger partial charge in [0.05, 0.1) is 16.7 Å². The van der Waals surface area contributed by atoms with Crippen LogP contribution in [0.2, 0.25) is 5.15 Å². The second kappa shape index (κ2) is 10.6. The second-order valence-electron chi connectivity index (χ2n) is 7.05. The molecule has 0 fully saturated rings. The number of imidazole rings is 1. The van der Waals surface area contributed by atoms with Crippen LogP contribution in [-0.2, 0) is 18.4 Å². The number of pyridine rings is 1. The number of benzene rings is 1. The van der Waals surface area contributed by atoms with Crippen molar-refractivity contribution in [1.29, 1.82) is 5.26 Å². The molecule has 3 aromatic rings. The number of nitrogens with zero attached hydrogens (tertiary/aromatic N) is 5. The molecular formula is C21H25ClN6O3. The van der Waals surface area contributed by atoms with E-state index in [0.717, 1.165) is 23.1 Å². The van der Waals surface area contributed by atoms with Crippen LogP contribution in [0.1, 0.15) is 18.9 Å². The van der Waals surface area contributed by atoms with Gasteiger partial charge in [0.15, 0.2) is 0 Å². The Morgan fingerprint density at radius 1 is 1.35 bits per heavy atom. The van der Waals surface area contributed by atoms with Gasteiger partial charge in [-0.25, -0.2) is 9.78 Å². The highest BCUT2D eigenvalue weighted by Crippen LogP contribution is 2.26. The fourth-order valence-electron chi connectivity index (χ4n) is 3.34. The smallest absolute Gasteiger partial charge is 0.328 e. The van der Waals surface area contributed by atoms with E-state index in [4.69, 9.17) is 21.5 Å². The number of nitriles is 1. The van der Waals surface area contributed by atoms with E-state index in [2.05, 4.69) is 28.2 Å². The molecule has 1 unspecified atom stereocenters. The highest BCUT2D eigenvalue weighted by molar-refractivity contribution is 6.31. The normalized spacial score (nSPS) is 11.5. The predicted molar refractivity (Wildman–Crippen MR) is 121 cm³/mol. The number of rotatable bonds is 6. The largest absolute Gasteiger partial charge is 0.483 e. The lowest BCUT2D eigenvalue weighted by molar-refractivity contribution is -0.122. The van der Waals surface area contributed by atoms with Crippen molar-refractivity contribution in [1.82, 2.24) is 19.0 Å². The highest BCUT2D eigenvalue weighted by Gasteiger charge is 2.17. The lowest BCUT2D eigenvalue weighted by Gasteiger charge is -2.23. The van der Waals surface area contributed by atoms with Crippen molar-refractivity contribution in [3.8, 4) is 6.07 Å². The van der Waals surface area contributed by atoms with Crippen molar-refractivity contribution in [2.24, 2.45) is 7.05 Å². The summed E-state index contributed by atoms with van der Waals surface area (Å²) in [5.41, 5.74) is 3.29. The predicted octanol–water partition coefficient (Wildman–Crippen LogP) is 3.04. The van der Waals surface area contributed by atoms with Gasteiger partial charge >= 0.3 is 5.69 Å². The molecule has 0 saturated carbocycles. The quantitative estimate of drug-likeness (QED) is 0.443. The van der Waals surface area contributed by atoms with E-state index in [0.29, 0.717) is 12.2 Å². The standard InChI is InChI=1S/C20H23ClN6O.CH2O2/c1-5-14(25(2)3)12-27-18-10-13(6-7-17(18)26(4)20(27)28)24-16-8-9-23-19(21)15(16)11-22;2-1-3/h6-10,14H,5,12H2,1-4H3,(H,23,24);1H,(H,2,3). The van der Waals surface area contributed by atoms with Gasteiger partial charge in [0, 0.05) is 31.5 Å². The zero-order valence-corrected chi connectivity index (χ0v) is 18.6. The maximum absolute atomic E-state index is 12.8. The molecule has 1 atom stereocenters. The van der Waals surface area contributed by atoms with Crippen molar-refractivity contribution in [2.45, 2.75) is 25.9 Å². The van der Waals surface area contributed by atoms with E-state index >= 15 is 0 Å². The average Bonchev–Trinajstić information content (AvgIpc) is 2.96. The Morgan fingerprint density at radius 3 is 2.61 bits per heavy atom. The third-order valence-electron chi connectivity index (χ3n) is 5.04. The van der Waals surface area contributed by atoms with E-state index in [1.54, 1.807) is 28.4 Å². The monoisotopic (exact) mass is 444 g/mol. The molecule has 2 N–H and O–H groups in total. The third kappa shape index (κ3) is 5.23.